The second kappa shape index (κ2) is 12.7. The maximum Gasteiger partial charge on any atom is 0.164 e. The number of rotatable bonds is 7. The molecule has 1 aliphatic rings. The Balaban J connectivity index is 1.69. The average Bonchev–Trinajstić information content (AvgIpc) is 2.90. The molecule has 2 aromatic carbocycles. The van der Waals surface area contributed by atoms with Crippen molar-refractivity contribution >= 4 is 40.9 Å². The molecule has 4 unspecified atom stereocenters. The van der Waals surface area contributed by atoms with Crippen molar-refractivity contribution < 1.29 is 4.79 Å². The van der Waals surface area contributed by atoms with Gasteiger partial charge in [0.1, 0.15) is 0 Å². The van der Waals surface area contributed by atoms with Crippen molar-refractivity contribution in [1.29, 1.82) is 0 Å². The van der Waals surface area contributed by atoms with E-state index in [1.165, 1.54) is 24.8 Å². The summed E-state index contributed by atoms with van der Waals surface area (Å²) in [5, 5.41) is 1.62. The number of aryl methyl sites for hydroxylation is 1. The first-order chi connectivity index (χ1) is 15.9. The molecule has 0 aromatic heterocycles. The smallest absolute Gasteiger partial charge is 0.164 e. The molecular weight excluding hydrogens is 449 g/mol. The highest BCUT2D eigenvalue weighted by molar-refractivity contribution is 6.36. The fourth-order valence-corrected chi connectivity index (χ4v) is 5.94. The van der Waals surface area contributed by atoms with E-state index in [4.69, 9.17) is 23.2 Å². The molecule has 0 spiro atoms. The Bertz CT molecular complexity index is 917. The predicted octanol–water partition coefficient (Wildman–Crippen LogP) is 8.93. The van der Waals surface area contributed by atoms with Gasteiger partial charge in [0.05, 0.1) is 11.4 Å². The molecule has 1 aliphatic carbocycles. The van der Waals surface area contributed by atoms with Gasteiger partial charge in [0, 0.05) is 16.0 Å². The van der Waals surface area contributed by atoms with E-state index < -0.39 is 0 Å². The van der Waals surface area contributed by atoms with Gasteiger partial charge in [-0.1, -0.05) is 81.4 Å². The number of halogens is 2. The molecule has 0 saturated heterocycles. The van der Waals surface area contributed by atoms with Crippen LogP contribution in [0.15, 0.2) is 47.5 Å². The van der Waals surface area contributed by atoms with Gasteiger partial charge in [-0.25, -0.2) is 4.99 Å². The second-order valence-electron chi connectivity index (χ2n) is 9.73. The van der Waals surface area contributed by atoms with E-state index in [9.17, 15) is 4.79 Å². The Morgan fingerprint density at radius 1 is 1.06 bits per heavy atom. The van der Waals surface area contributed by atoms with Gasteiger partial charge in [-0.05, 0) is 85.3 Å². The van der Waals surface area contributed by atoms with Crippen molar-refractivity contribution in [3.8, 4) is 0 Å². The number of hydrogen-bond donors (Lipinski definition) is 0. The Hall–Kier alpha value is -1.64. The summed E-state index contributed by atoms with van der Waals surface area (Å²) in [7, 11) is 0. The summed E-state index contributed by atoms with van der Waals surface area (Å²) in [6.45, 7) is 6.68. The Morgan fingerprint density at radius 2 is 1.70 bits per heavy atom. The van der Waals surface area contributed by atoms with Gasteiger partial charge < -0.3 is 0 Å². The van der Waals surface area contributed by atoms with Crippen molar-refractivity contribution in [3.05, 3.63) is 63.6 Å². The normalized spacial score (nSPS) is 23.3. The molecule has 4 atom stereocenters. The van der Waals surface area contributed by atoms with E-state index in [2.05, 4.69) is 37.9 Å². The molecule has 0 amide bonds. The van der Waals surface area contributed by atoms with Gasteiger partial charge in [-0.15, -0.1) is 0 Å². The number of hydrogen-bond acceptors (Lipinski definition) is 2. The number of aliphatic imine (C=N–C) groups is 1. The molecule has 2 nitrogen and oxygen atoms in total. The highest BCUT2D eigenvalue weighted by Crippen LogP contribution is 2.37. The summed E-state index contributed by atoms with van der Waals surface area (Å²) in [5.74, 6) is 1.85. The van der Waals surface area contributed by atoms with E-state index in [1.807, 2.05) is 30.3 Å². The largest absolute Gasteiger partial charge is 0.297 e. The molecule has 0 radical (unpaired) electrons. The van der Waals surface area contributed by atoms with Gasteiger partial charge >= 0.3 is 0 Å². The minimum Gasteiger partial charge on any atom is -0.297 e. The van der Waals surface area contributed by atoms with Crippen molar-refractivity contribution in [2.24, 2.45) is 28.7 Å². The average molecular weight is 487 g/mol. The first-order valence-corrected chi connectivity index (χ1v) is 13.2. The maximum atomic E-state index is 11.9. The van der Waals surface area contributed by atoms with Gasteiger partial charge in [0.15, 0.2) is 6.29 Å². The van der Waals surface area contributed by atoms with Crippen molar-refractivity contribution in [2.75, 3.05) is 0 Å². The van der Waals surface area contributed by atoms with Gasteiger partial charge in [0.2, 0.25) is 0 Å². The fraction of sp³-hybridized carbons (Fsp3) is 0.517. The van der Waals surface area contributed by atoms with E-state index in [0.29, 0.717) is 23.5 Å². The van der Waals surface area contributed by atoms with Crippen molar-refractivity contribution in [1.82, 2.24) is 0 Å². The molecule has 4 heteroatoms. The van der Waals surface area contributed by atoms with Gasteiger partial charge in [0.25, 0.3) is 0 Å². The minimum atomic E-state index is 0.167. The van der Waals surface area contributed by atoms with Crippen LogP contribution in [0.2, 0.25) is 10.0 Å². The Morgan fingerprint density at radius 3 is 2.30 bits per heavy atom. The molecule has 33 heavy (non-hydrogen) atoms. The SMILES string of the molecule is CCc1cc(Cl)c(CC2CCCC(C(C)C(C=O)=Nc3ccccc3)CCCC2C)c(Cl)c1. The summed E-state index contributed by atoms with van der Waals surface area (Å²) in [6.07, 6.45) is 9.81. The maximum absolute atomic E-state index is 11.9. The Labute approximate surface area is 209 Å². The summed E-state index contributed by atoms with van der Waals surface area (Å²) in [6, 6.07) is 13.9. The van der Waals surface area contributed by atoms with Crippen LogP contribution in [-0.4, -0.2) is 12.0 Å². The molecule has 1 saturated carbocycles. The number of carbonyl (C=O) groups is 1. The van der Waals surface area contributed by atoms with E-state index in [0.717, 1.165) is 59.7 Å². The molecule has 178 valence electrons. The van der Waals surface area contributed by atoms with E-state index >= 15 is 0 Å². The summed E-state index contributed by atoms with van der Waals surface area (Å²) < 4.78 is 0. The lowest BCUT2D eigenvalue weighted by Gasteiger charge is -2.24. The highest BCUT2D eigenvalue weighted by atomic mass is 35.5. The van der Waals surface area contributed by atoms with Crippen LogP contribution in [0, 0.1) is 23.7 Å². The molecule has 3 rings (SSSR count). The third kappa shape index (κ3) is 7.17. The van der Waals surface area contributed by atoms with Gasteiger partial charge in [-0.2, -0.15) is 0 Å². The van der Waals surface area contributed by atoms with Crippen LogP contribution in [0.4, 0.5) is 5.69 Å². The van der Waals surface area contributed by atoms with Crippen molar-refractivity contribution in [2.45, 2.75) is 72.1 Å². The number of benzene rings is 2. The molecule has 1 fully saturated rings. The second-order valence-corrected chi connectivity index (χ2v) is 10.5. The van der Waals surface area contributed by atoms with Gasteiger partial charge in [-0.3, -0.25) is 4.79 Å². The monoisotopic (exact) mass is 485 g/mol. The molecule has 2 aromatic rings. The van der Waals surface area contributed by atoms with Crippen LogP contribution < -0.4 is 0 Å². The number of aldehydes is 1. The third-order valence-electron chi connectivity index (χ3n) is 7.57. The third-order valence-corrected chi connectivity index (χ3v) is 8.25. The molecular formula is C29H37Cl2NO. The zero-order valence-electron chi connectivity index (χ0n) is 20.2. The zero-order chi connectivity index (χ0) is 23.8. The lowest BCUT2D eigenvalue weighted by atomic mass is 9.82. The summed E-state index contributed by atoms with van der Waals surface area (Å²) in [4.78, 5) is 16.5. The topological polar surface area (TPSA) is 29.4 Å². The first kappa shape index (κ1) is 26.0. The lowest BCUT2D eigenvalue weighted by molar-refractivity contribution is -0.103. The van der Waals surface area contributed by atoms with Crippen molar-refractivity contribution in [3.63, 3.8) is 0 Å². The summed E-state index contributed by atoms with van der Waals surface area (Å²) >= 11 is 13.3. The lowest BCUT2D eigenvalue weighted by Crippen LogP contribution is -2.22. The molecule has 0 heterocycles. The standard InChI is InChI=1S/C29H37Cl2NO/c1-4-22-16-27(30)26(28(31)17-22)18-24-13-9-12-23(11-8-10-20(24)2)21(3)29(19-33)32-25-14-6-5-7-15-25/h5-7,14-17,19-21,23-24H,4,8-13,18H2,1-3H3. The Kier molecular flexibility index (Phi) is 10.0. The fourth-order valence-electron chi connectivity index (χ4n) is 5.26. The van der Waals surface area contributed by atoms with Crippen LogP contribution in [0.25, 0.3) is 0 Å². The van der Waals surface area contributed by atoms with E-state index in [1.54, 1.807) is 0 Å². The molecule has 0 bridgehead atoms. The van der Waals surface area contributed by atoms with Crippen LogP contribution in [0.1, 0.15) is 70.4 Å². The quantitative estimate of drug-likeness (QED) is 0.284. The molecule has 0 N–H and O–H groups in total. The van der Waals surface area contributed by atoms with E-state index in [-0.39, 0.29) is 5.92 Å². The summed E-state index contributed by atoms with van der Waals surface area (Å²) in [5.41, 5.74) is 3.82. The number of carbonyl (C=O) groups excluding carboxylic acids is 1. The minimum absolute atomic E-state index is 0.167. The number of para-hydroxylation sites is 1. The van der Waals surface area contributed by atoms with Crippen LogP contribution in [0.3, 0.4) is 0 Å². The zero-order valence-corrected chi connectivity index (χ0v) is 21.7. The number of nitrogens with zero attached hydrogens (tertiary/aromatic N) is 1. The van der Waals surface area contributed by atoms with Crippen LogP contribution >= 0.6 is 23.2 Å². The van der Waals surface area contributed by atoms with Crippen LogP contribution in [-0.2, 0) is 17.6 Å². The predicted molar refractivity (Wildman–Crippen MR) is 142 cm³/mol. The van der Waals surface area contributed by atoms with Crippen LogP contribution in [0.5, 0.6) is 0 Å². The molecule has 0 aliphatic heterocycles. The first-order valence-electron chi connectivity index (χ1n) is 12.5. The highest BCUT2D eigenvalue weighted by Gasteiger charge is 2.27.